The van der Waals surface area contributed by atoms with E-state index in [4.69, 9.17) is 17.3 Å². The SMILES string of the molecule is Cn1c(-c2ccc(C(N)=O)cc2Cl)nnc1C1(c2ccc(F)cc2)CC1. The van der Waals surface area contributed by atoms with Gasteiger partial charge in [0.1, 0.15) is 11.6 Å². The number of primary amides is 1. The van der Waals surface area contributed by atoms with Crippen molar-refractivity contribution in [1.82, 2.24) is 14.8 Å². The molecule has 5 nitrogen and oxygen atoms in total. The van der Waals surface area contributed by atoms with Crippen molar-refractivity contribution in [2.75, 3.05) is 0 Å². The maximum Gasteiger partial charge on any atom is 0.248 e. The van der Waals surface area contributed by atoms with Crippen LogP contribution >= 0.6 is 11.6 Å². The number of benzene rings is 2. The molecule has 0 unspecified atom stereocenters. The summed E-state index contributed by atoms with van der Waals surface area (Å²) in [5.74, 6) is 0.624. The number of carbonyl (C=O) groups excluding carboxylic acids is 1. The van der Waals surface area contributed by atoms with Gasteiger partial charge in [-0.2, -0.15) is 0 Å². The predicted octanol–water partition coefficient (Wildman–Crippen LogP) is 3.45. The van der Waals surface area contributed by atoms with Gasteiger partial charge < -0.3 is 10.3 Å². The largest absolute Gasteiger partial charge is 0.366 e. The number of halogens is 2. The fraction of sp³-hybridized carbons (Fsp3) is 0.211. The van der Waals surface area contributed by atoms with E-state index in [2.05, 4.69) is 10.2 Å². The van der Waals surface area contributed by atoms with E-state index in [-0.39, 0.29) is 11.2 Å². The molecule has 0 spiro atoms. The van der Waals surface area contributed by atoms with Crippen LogP contribution in [0.3, 0.4) is 0 Å². The molecular weight excluding hydrogens is 355 g/mol. The molecule has 0 saturated heterocycles. The van der Waals surface area contributed by atoms with Crippen molar-refractivity contribution in [3.8, 4) is 11.4 Å². The van der Waals surface area contributed by atoms with E-state index in [1.165, 1.54) is 18.2 Å². The van der Waals surface area contributed by atoms with Crippen molar-refractivity contribution in [2.45, 2.75) is 18.3 Å². The van der Waals surface area contributed by atoms with E-state index in [1.54, 1.807) is 24.3 Å². The number of nitrogens with two attached hydrogens (primary N) is 1. The van der Waals surface area contributed by atoms with E-state index in [9.17, 15) is 9.18 Å². The van der Waals surface area contributed by atoms with Crippen LogP contribution in [0.25, 0.3) is 11.4 Å². The van der Waals surface area contributed by atoms with Crippen LogP contribution in [0.4, 0.5) is 4.39 Å². The second kappa shape index (κ2) is 5.92. The first-order chi connectivity index (χ1) is 12.4. The minimum absolute atomic E-state index is 0.243. The average molecular weight is 371 g/mol. The van der Waals surface area contributed by atoms with Gasteiger partial charge in [0.05, 0.1) is 10.4 Å². The predicted molar refractivity (Wildman–Crippen MR) is 96.4 cm³/mol. The van der Waals surface area contributed by atoms with E-state index in [0.717, 1.165) is 24.2 Å². The second-order valence-corrected chi connectivity index (χ2v) is 6.96. The van der Waals surface area contributed by atoms with Gasteiger partial charge in [-0.3, -0.25) is 4.79 Å². The van der Waals surface area contributed by atoms with Crippen molar-refractivity contribution < 1.29 is 9.18 Å². The first kappa shape index (κ1) is 16.7. The van der Waals surface area contributed by atoms with Crippen molar-refractivity contribution in [3.05, 3.63) is 70.3 Å². The molecule has 4 rings (SSSR count). The molecule has 26 heavy (non-hydrogen) atoms. The Bertz CT molecular complexity index is 1010. The first-order valence-electron chi connectivity index (χ1n) is 8.18. The minimum Gasteiger partial charge on any atom is -0.366 e. The minimum atomic E-state index is -0.537. The van der Waals surface area contributed by atoms with Gasteiger partial charge >= 0.3 is 0 Å². The third-order valence-electron chi connectivity index (χ3n) is 4.94. The molecule has 1 aliphatic rings. The highest BCUT2D eigenvalue weighted by Gasteiger charge is 2.50. The highest BCUT2D eigenvalue weighted by Crippen LogP contribution is 2.53. The number of carbonyl (C=O) groups is 1. The zero-order chi connectivity index (χ0) is 18.5. The van der Waals surface area contributed by atoms with Gasteiger partial charge in [-0.25, -0.2) is 4.39 Å². The van der Waals surface area contributed by atoms with Crippen LogP contribution in [0, 0.1) is 5.82 Å². The Kier molecular flexibility index (Phi) is 3.80. The molecule has 1 heterocycles. The van der Waals surface area contributed by atoms with Gasteiger partial charge in [0.2, 0.25) is 5.91 Å². The van der Waals surface area contributed by atoms with Crippen molar-refractivity contribution in [3.63, 3.8) is 0 Å². The molecule has 132 valence electrons. The first-order valence-corrected chi connectivity index (χ1v) is 8.56. The number of rotatable bonds is 4. The number of amides is 1. The second-order valence-electron chi connectivity index (χ2n) is 6.55. The van der Waals surface area contributed by atoms with Crippen LogP contribution in [-0.2, 0) is 12.5 Å². The highest BCUT2D eigenvalue weighted by atomic mass is 35.5. The molecule has 1 fully saturated rings. The highest BCUT2D eigenvalue weighted by molar-refractivity contribution is 6.33. The third-order valence-corrected chi connectivity index (χ3v) is 5.26. The molecule has 0 aliphatic heterocycles. The summed E-state index contributed by atoms with van der Waals surface area (Å²) in [7, 11) is 1.88. The number of hydrogen-bond acceptors (Lipinski definition) is 3. The summed E-state index contributed by atoms with van der Waals surface area (Å²) in [5.41, 5.74) is 7.08. The van der Waals surface area contributed by atoms with Gasteiger partial charge in [-0.15, -0.1) is 10.2 Å². The summed E-state index contributed by atoms with van der Waals surface area (Å²) in [6.45, 7) is 0. The van der Waals surface area contributed by atoms with Crippen molar-refractivity contribution in [1.29, 1.82) is 0 Å². The monoisotopic (exact) mass is 370 g/mol. The molecule has 0 bridgehead atoms. The van der Waals surface area contributed by atoms with Crippen LogP contribution in [0.2, 0.25) is 5.02 Å². The number of hydrogen-bond donors (Lipinski definition) is 1. The Morgan fingerprint density at radius 3 is 2.46 bits per heavy atom. The van der Waals surface area contributed by atoms with E-state index >= 15 is 0 Å². The lowest BCUT2D eigenvalue weighted by Crippen LogP contribution is -2.15. The molecule has 0 radical (unpaired) electrons. The summed E-state index contributed by atoms with van der Waals surface area (Å²) in [4.78, 5) is 11.3. The van der Waals surface area contributed by atoms with E-state index < -0.39 is 5.91 Å². The van der Waals surface area contributed by atoms with Gasteiger partial charge in [0.15, 0.2) is 5.82 Å². The summed E-state index contributed by atoms with van der Waals surface area (Å²) < 4.78 is 15.2. The molecule has 1 saturated carbocycles. The van der Waals surface area contributed by atoms with Gasteiger partial charge in [0, 0.05) is 18.2 Å². The molecular formula is C19H16ClFN4O. The Labute approximate surface area is 154 Å². The van der Waals surface area contributed by atoms with Crippen LogP contribution in [0.15, 0.2) is 42.5 Å². The quantitative estimate of drug-likeness (QED) is 0.764. The van der Waals surface area contributed by atoms with Gasteiger partial charge in [-0.05, 0) is 48.7 Å². The number of nitrogens with zero attached hydrogens (tertiary/aromatic N) is 3. The van der Waals surface area contributed by atoms with Crippen LogP contribution < -0.4 is 5.73 Å². The smallest absolute Gasteiger partial charge is 0.248 e. The van der Waals surface area contributed by atoms with Gasteiger partial charge in [-0.1, -0.05) is 23.7 Å². The maximum absolute atomic E-state index is 13.3. The summed E-state index contributed by atoms with van der Waals surface area (Å²) in [5, 5.41) is 9.09. The molecule has 1 aliphatic carbocycles. The number of aromatic nitrogens is 3. The Hall–Kier alpha value is -2.73. The van der Waals surface area contributed by atoms with Crippen LogP contribution in [0.5, 0.6) is 0 Å². The summed E-state index contributed by atoms with van der Waals surface area (Å²) >= 11 is 6.32. The summed E-state index contributed by atoms with van der Waals surface area (Å²) in [6, 6.07) is 11.4. The molecule has 1 amide bonds. The fourth-order valence-corrected chi connectivity index (χ4v) is 3.63. The fourth-order valence-electron chi connectivity index (χ4n) is 3.37. The molecule has 7 heteroatoms. The molecule has 2 aromatic carbocycles. The molecule has 3 aromatic rings. The summed E-state index contributed by atoms with van der Waals surface area (Å²) in [6.07, 6.45) is 1.86. The van der Waals surface area contributed by atoms with Crippen LogP contribution in [-0.4, -0.2) is 20.7 Å². The lowest BCUT2D eigenvalue weighted by Gasteiger charge is -2.15. The lowest BCUT2D eigenvalue weighted by molar-refractivity contribution is 0.100. The van der Waals surface area contributed by atoms with E-state index in [0.29, 0.717) is 22.0 Å². The van der Waals surface area contributed by atoms with Crippen molar-refractivity contribution in [2.24, 2.45) is 12.8 Å². The Morgan fingerprint density at radius 2 is 1.88 bits per heavy atom. The lowest BCUT2D eigenvalue weighted by atomic mass is 9.95. The standard InChI is InChI=1S/C19H16ClFN4O/c1-25-17(14-7-2-11(16(22)26)10-15(14)20)23-24-18(25)19(8-9-19)12-3-5-13(21)6-4-12/h2-7,10H,8-9H2,1H3,(H2,22,26). The van der Waals surface area contributed by atoms with Gasteiger partial charge in [0.25, 0.3) is 0 Å². The topological polar surface area (TPSA) is 73.8 Å². The molecule has 1 aromatic heterocycles. The zero-order valence-corrected chi connectivity index (χ0v) is 14.8. The normalized spacial score (nSPS) is 15.0. The van der Waals surface area contributed by atoms with Crippen molar-refractivity contribution >= 4 is 17.5 Å². The molecule has 2 N–H and O–H groups in total. The molecule has 0 atom stereocenters. The Morgan fingerprint density at radius 1 is 1.19 bits per heavy atom. The van der Waals surface area contributed by atoms with Crippen LogP contribution in [0.1, 0.15) is 34.6 Å². The third kappa shape index (κ3) is 2.57. The van der Waals surface area contributed by atoms with E-state index in [1.807, 2.05) is 11.6 Å². The Balaban J connectivity index is 1.76. The zero-order valence-electron chi connectivity index (χ0n) is 14.0. The average Bonchev–Trinajstić information content (AvgIpc) is 3.32. The maximum atomic E-state index is 13.3.